The van der Waals surface area contributed by atoms with E-state index < -0.39 is 11.8 Å². The number of hydrogen-bond acceptors (Lipinski definition) is 3. The Labute approximate surface area is 155 Å². The number of rotatable bonds is 5. The van der Waals surface area contributed by atoms with Gasteiger partial charge in [-0.15, -0.1) is 0 Å². The molecule has 6 nitrogen and oxygen atoms in total. The van der Waals surface area contributed by atoms with E-state index in [4.69, 9.17) is 4.74 Å². The van der Waals surface area contributed by atoms with Gasteiger partial charge in [-0.05, 0) is 61.9 Å². The molecule has 0 aliphatic carbocycles. The van der Waals surface area contributed by atoms with Gasteiger partial charge < -0.3 is 9.72 Å². The molecule has 1 aromatic heterocycles. The van der Waals surface area contributed by atoms with E-state index in [1.54, 1.807) is 30.3 Å². The molecule has 0 saturated carbocycles. The van der Waals surface area contributed by atoms with Gasteiger partial charge in [0.15, 0.2) is 0 Å². The number of fused-ring (bicyclic) bond motifs is 1. The Hall–Kier alpha value is -3.35. The van der Waals surface area contributed by atoms with Crippen LogP contribution >= 0.6 is 0 Å². The van der Waals surface area contributed by atoms with Crippen LogP contribution in [0.4, 0.5) is 4.39 Å². The van der Waals surface area contributed by atoms with Crippen molar-refractivity contribution < 1.29 is 18.7 Å². The van der Waals surface area contributed by atoms with Crippen molar-refractivity contribution in [1.82, 2.24) is 15.8 Å². The number of aromatic amines is 1. The van der Waals surface area contributed by atoms with Gasteiger partial charge in [0, 0.05) is 22.2 Å². The highest BCUT2D eigenvalue weighted by molar-refractivity contribution is 5.96. The third-order valence-corrected chi connectivity index (χ3v) is 4.16. The lowest BCUT2D eigenvalue weighted by molar-refractivity contribution is -0.121. The molecule has 0 saturated heterocycles. The number of hydrazine groups is 1. The summed E-state index contributed by atoms with van der Waals surface area (Å²) in [5.74, 6) is -0.539. The maximum absolute atomic E-state index is 13.5. The van der Waals surface area contributed by atoms with Crippen molar-refractivity contribution in [3.05, 3.63) is 65.1 Å². The van der Waals surface area contributed by atoms with E-state index in [9.17, 15) is 14.0 Å². The number of hydrogen-bond donors (Lipinski definition) is 3. The maximum atomic E-state index is 13.5. The fourth-order valence-corrected chi connectivity index (χ4v) is 2.86. The van der Waals surface area contributed by atoms with E-state index in [0.29, 0.717) is 28.9 Å². The highest BCUT2D eigenvalue weighted by atomic mass is 19.1. The Bertz CT molecular complexity index is 980. The lowest BCUT2D eigenvalue weighted by Gasteiger charge is -2.08. The first-order valence-electron chi connectivity index (χ1n) is 8.56. The second-order valence-corrected chi connectivity index (χ2v) is 6.05. The van der Waals surface area contributed by atoms with E-state index in [1.165, 1.54) is 12.1 Å². The molecule has 0 radical (unpaired) electrons. The first kappa shape index (κ1) is 18.4. The summed E-state index contributed by atoms with van der Waals surface area (Å²) in [6.07, 6.45) is 0.0127. The van der Waals surface area contributed by atoms with Crippen LogP contribution in [0, 0.1) is 12.7 Å². The van der Waals surface area contributed by atoms with Gasteiger partial charge in [0.05, 0.1) is 13.0 Å². The lowest BCUT2D eigenvalue weighted by atomic mass is 10.1. The largest absolute Gasteiger partial charge is 0.494 e. The third-order valence-electron chi connectivity index (χ3n) is 4.16. The predicted molar refractivity (Wildman–Crippen MR) is 99.9 cm³/mol. The average Bonchev–Trinajstić information content (AvgIpc) is 2.95. The Kier molecular flexibility index (Phi) is 5.40. The molecule has 7 heteroatoms. The van der Waals surface area contributed by atoms with Crippen molar-refractivity contribution in [1.29, 1.82) is 0 Å². The van der Waals surface area contributed by atoms with E-state index in [-0.39, 0.29) is 12.2 Å². The number of halogens is 1. The average molecular weight is 369 g/mol. The van der Waals surface area contributed by atoms with Crippen molar-refractivity contribution in [2.24, 2.45) is 0 Å². The number of aromatic nitrogens is 1. The van der Waals surface area contributed by atoms with E-state index in [0.717, 1.165) is 11.2 Å². The molecule has 0 aliphatic heterocycles. The van der Waals surface area contributed by atoms with Crippen LogP contribution in [0.15, 0.2) is 42.5 Å². The van der Waals surface area contributed by atoms with Gasteiger partial charge >= 0.3 is 0 Å². The Morgan fingerprint density at radius 2 is 1.85 bits per heavy atom. The van der Waals surface area contributed by atoms with Gasteiger partial charge in [-0.3, -0.25) is 20.4 Å². The molecule has 0 bridgehead atoms. The molecule has 3 aromatic rings. The van der Waals surface area contributed by atoms with Crippen molar-refractivity contribution in [2.75, 3.05) is 6.61 Å². The molecular formula is C20H20FN3O3. The number of benzene rings is 2. The Morgan fingerprint density at radius 1 is 1.11 bits per heavy atom. The summed E-state index contributed by atoms with van der Waals surface area (Å²) in [7, 11) is 0. The first-order chi connectivity index (χ1) is 13.0. The van der Waals surface area contributed by atoms with Crippen molar-refractivity contribution in [2.45, 2.75) is 20.3 Å². The number of carbonyl (C=O) groups excluding carboxylic acids is 2. The molecule has 27 heavy (non-hydrogen) atoms. The first-order valence-corrected chi connectivity index (χ1v) is 8.56. The summed E-state index contributed by atoms with van der Waals surface area (Å²) in [6.45, 7) is 4.23. The molecule has 0 atom stereocenters. The molecule has 0 aliphatic rings. The summed E-state index contributed by atoms with van der Waals surface area (Å²) in [5.41, 5.74) is 7.39. The normalized spacial score (nSPS) is 10.6. The van der Waals surface area contributed by atoms with E-state index in [1.807, 2.05) is 13.8 Å². The molecule has 2 aromatic carbocycles. The van der Waals surface area contributed by atoms with Gasteiger partial charge in [-0.25, -0.2) is 4.39 Å². The minimum absolute atomic E-state index is 0.0127. The summed E-state index contributed by atoms with van der Waals surface area (Å²) in [5, 5.41) is 0.653. The Morgan fingerprint density at radius 3 is 2.56 bits per heavy atom. The topological polar surface area (TPSA) is 83.2 Å². The lowest BCUT2D eigenvalue weighted by Crippen LogP contribution is -2.42. The zero-order valence-corrected chi connectivity index (χ0v) is 15.1. The molecular weight excluding hydrogens is 349 g/mol. The zero-order chi connectivity index (χ0) is 19.4. The summed E-state index contributed by atoms with van der Waals surface area (Å²) < 4.78 is 18.8. The van der Waals surface area contributed by atoms with Crippen LogP contribution in [0.25, 0.3) is 10.9 Å². The van der Waals surface area contributed by atoms with Gasteiger partial charge in [0.25, 0.3) is 5.91 Å². The molecule has 2 amide bonds. The molecule has 140 valence electrons. The number of carbonyl (C=O) groups is 2. The smallest absolute Gasteiger partial charge is 0.269 e. The second-order valence-electron chi connectivity index (χ2n) is 6.05. The SMILES string of the molecule is CCOc1ccc(C(=O)NNC(=O)Cc2c(C)[nH]c3ccc(F)cc23)cc1. The van der Waals surface area contributed by atoms with Gasteiger partial charge in [-0.2, -0.15) is 0 Å². The van der Waals surface area contributed by atoms with E-state index in [2.05, 4.69) is 15.8 Å². The Balaban J connectivity index is 1.62. The van der Waals surface area contributed by atoms with Crippen LogP contribution in [-0.4, -0.2) is 23.4 Å². The number of aryl methyl sites for hydroxylation is 1. The number of nitrogens with one attached hydrogen (secondary N) is 3. The minimum Gasteiger partial charge on any atom is -0.494 e. The van der Waals surface area contributed by atoms with Crippen LogP contribution in [0.5, 0.6) is 5.75 Å². The molecule has 0 spiro atoms. The van der Waals surface area contributed by atoms with Crippen molar-refractivity contribution in [3.63, 3.8) is 0 Å². The fourth-order valence-electron chi connectivity index (χ4n) is 2.86. The molecule has 3 rings (SSSR count). The number of amides is 2. The molecule has 0 fully saturated rings. The number of H-pyrrole nitrogens is 1. The zero-order valence-electron chi connectivity index (χ0n) is 15.1. The second kappa shape index (κ2) is 7.90. The number of ether oxygens (including phenoxy) is 1. The van der Waals surface area contributed by atoms with Crippen LogP contribution in [0.2, 0.25) is 0 Å². The van der Waals surface area contributed by atoms with Crippen molar-refractivity contribution in [3.8, 4) is 5.75 Å². The third kappa shape index (κ3) is 4.25. The highest BCUT2D eigenvalue weighted by Gasteiger charge is 2.14. The standard InChI is InChI=1S/C20H20FN3O3/c1-3-27-15-7-4-13(5-8-15)20(26)24-23-19(25)11-16-12(2)22-18-9-6-14(21)10-17(16)18/h4-10,22H,3,11H2,1-2H3,(H,23,25)(H,24,26). The monoisotopic (exact) mass is 369 g/mol. The quantitative estimate of drug-likeness (QED) is 0.605. The van der Waals surface area contributed by atoms with Crippen LogP contribution < -0.4 is 15.6 Å². The molecule has 1 heterocycles. The van der Waals surface area contributed by atoms with Crippen molar-refractivity contribution >= 4 is 22.7 Å². The summed E-state index contributed by atoms with van der Waals surface area (Å²) in [4.78, 5) is 27.5. The van der Waals surface area contributed by atoms with Gasteiger partial charge in [0.1, 0.15) is 11.6 Å². The molecule has 3 N–H and O–H groups in total. The minimum atomic E-state index is -0.437. The van der Waals surface area contributed by atoms with E-state index >= 15 is 0 Å². The van der Waals surface area contributed by atoms with Crippen LogP contribution in [0.3, 0.4) is 0 Å². The highest BCUT2D eigenvalue weighted by Crippen LogP contribution is 2.23. The fraction of sp³-hybridized carbons (Fsp3) is 0.200. The van der Waals surface area contributed by atoms with Gasteiger partial charge in [-0.1, -0.05) is 0 Å². The van der Waals surface area contributed by atoms with Crippen LogP contribution in [0.1, 0.15) is 28.5 Å². The van der Waals surface area contributed by atoms with Gasteiger partial charge in [0.2, 0.25) is 5.91 Å². The maximum Gasteiger partial charge on any atom is 0.269 e. The summed E-state index contributed by atoms with van der Waals surface area (Å²) >= 11 is 0. The summed E-state index contributed by atoms with van der Waals surface area (Å²) in [6, 6.07) is 11.0. The van der Waals surface area contributed by atoms with Crippen LogP contribution in [-0.2, 0) is 11.2 Å². The molecule has 0 unspecified atom stereocenters. The predicted octanol–water partition coefficient (Wildman–Crippen LogP) is 3.02.